The van der Waals surface area contributed by atoms with Crippen LogP contribution in [-0.4, -0.2) is 36.9 Å². The molecule has 0 radical (unpaired) electrons. The minimum atomic E-state index is -0.489. The molecule has 0 aliphatic heterocycles. The number of methoxy groups -OCH3 is 1. The molecule has 1 atom stereocenters. The van der Waals surface area contributed by atoms with Gasteiger partial charge in [-0.3, -0.25) is 0 Å². The van der Waals surface area contributed by atoms with Crippen LogP contribution in [0, 0.1) is 12.8 Å². The molecule has 1 fully saturated rings. The molecule has 0 bridgehead atoms. The molecule has 162 valence electrons. The van der Waals surface area contributed by atoms with Crippen LogP contribution in [0.2, 0.25) is 5.02 Å². The first-order chi connectivity index (χ1) is 13.5. The number of amides is 1. The number of alkyl carbamates (subject to hydrolysis) is 1. The van der Waals surface area contributed by atoms with Crippen molar-refractivity contribution in [3.8, 4) is 0 Å². The maximum Gasteiger partial charge on any atom is 0.407 e. The zero-order chi connectivity index (χ0) is 21.8. The van der Waals surface area contributed by atoms with E-state index in [4.69, 9.17) is 21.1 Å². The topological polar surface area (TPSA) is 76.7 Å². The van der Waals surface area contributed by atoms with Crippen LogP contribution in [0.5, 0.6) is 0 Å². The summed E-state index contributed by atoms with van der Waals surface area (Å²) in [5.41, 5.74) is 1.66. The highest BCUT2D eigenvalue weighted by atomic mass is 35.5. The van der Waals surface area contributed by atoms with Crippen LogP contribution in [0.25, 0.3) is 0 Å². The molecule has 2 N–H and O–H groups in total. The van der Waals surface area contributed by atoms with Crippen molar-refractivity contribution in [2.45, 2.75) is 78.0 Å². The van der Waals surface area contributed by atoms with Gasteiger partial charge < -0.3 is 20.1 Å². The molecular weight excluding hydrogens is 392 g/mol. The Kier molecular flexibility index (Phi) is 7.80. The second kappa shape index (κ2) is 9.70. The van der Waals surface area contributed by atoms with E-state index in [1.807, 2.05) is 33.8 Å². The molecule has 0 saturated heterocycles. The molecule has 1 amide bonds. The summed E-state index contributed by atoms with van der Waals surface area (Å²) in [5.74, 6) is 0.0704. The van der Waals surface area contributed by atoms with E-state index < -0.39 is 11.6 Å². The van der Waals surface area contributed by atoms with Gasteiger partial charge in [0.1, 0.15) is 5.60 Å². The molecule has 0 spiro atoms. The lowest BCUT2D eigenvalue weighted by atomic mass is 9.82. The highest BCUT2D eigenvalue weighted by molar-refractivity contribution is 6.31. The summed E-state index contributed by atoms with van der Waals surface area (Å²) >= 11 is 6.21. The SMILES string of the molecule is COC(=O)c1cc(Cl)cc(N[C@H](C)C2CCC(NC(=O)OC(C)(C)C)CC2)c1C. The third-order valence-corrected chi connectivity index (χ3v) is 5.58. The molecule has 2 rings (SSSR count). The molecule has 0 heterocycles. The number of hydrogen-bond acceptors (Lipinski definition) is 5. The third-order valence-electron chi connectivity index (χ3n) is 5.36. The molecule has 0 aromatic heterocycles. The van der Waals surface area contributed by atoms with Gasteiger partial charge in [-0.25, -0.2) is 9.59 Å². The van der Waals surface area contributed by atoms with Crippen LogP contribution in [0.3, 0.4) is 0 Å². The number of nitrogens with one attached hydrogen (secondary N) is 2. The fraction of sp³-hybridized carbons (Fsp3) is 0.636. The summed E-state index contributed by atoms with van der Waals surface area (Å²) in [6.45, 7) is 9.62. The summed E-state index contributed by atoms with van der Waals surface area (Å²) in [4.78, 5) is 24.0. The van der Waals surface area contributed by atoms with Gasteiger partial charge in [-0.2, -0.15) is 0 Å². The molecule has 1 aromatic carbocycles. The fourth-order valence-corrected chi connectivity index (χ4v) is 3.97. The first-order valence-corrected chi connectivity index (χ1v) is 10.5. The lowest BCUT2D eigenvalue weighted by Crippen LogP contribution is -2.42. The predicted molar refractivity (Wildman–Crippen MR) is 116 cm³/mol. The van der Waals surface area contributed by atoms with E-state index in [0.29, 0.717) is 16.5 Å². The van der Waals surface area contributed by atoms with E-state index in [9.17, 15) is 9.59 Å². The summed E-state index contributed by atoms with van der Waals surface area (Å²) in [6.07, 6.45) is 3.48. The maximum atomic E-state index is 12.0. The van der Waals surface area contributed by atoms with Crippen LogP contribution in [0.1, 0.15) is 69.3 Å². The van der Waals surface area contributed by atoms with Crippen LogP contribution in [0.4, 0.5) is 10.5 Å². The molecule has 1 aromatic rings. The van der Waals surface area contributed by atoms with Crippen molar-refractivity contribution in [3.05, 3.63) is 28.3 Å². The smallest absolute Gasteiger partial charge is 0.407 e. The molecule has 1 aliphatic carbocycles. The average molecular weight is 425 g/mol. The summed E-state index contributed by atoms with van der Waals surface area (Å²) in [7, 11) is 1.36. The Bertz CT molecular complexity index is 737. The van der Waals surface area contributed by atoms with E-state index >= 15 is 0 Å². The Balaban J connectivity index is 1.93. The van der Waals surface area contributed by atoms with Gasteiger partial charge in [-0.15, -0.1) is 0 Å². The van der Waals surface area contributed by atoms with Crippen molar-refractivity contribution in [2.75, 3.05) is 12.4 Å². The molecule has 1 saturated carbocycles. The second-order valence-electron chi connectivity index (χ2n) is 8.81. The van der Waals surface area contributed by atoms with Gasteiger partial charge in [0.2, 0.25) is 0 Å². The first kappa shape index (κ1) is 23.3. The van der Waals surface area contributed by atoms with Gasteiger partial charge in [0.15, 0.2) is 0 Å². The molecular formula is C22H33ClN2O4. The van der Waals surface area contributed by atoms with Crippen LogP contribution in [0.15, 0.2) is 12.1 Å². The van der Waals surface area contributed by atoms with Gasteiger partial charge in [0, 0.05) is 22.8 Å². The molecule has 6 nitrogen and oxygen atoms in total. The summed E-state index contributed by atoms with van der Waals surface area (Å²) in [5, 5.41) is 7.00. The normalized spacial score (nSPS) is 20.5. The minimum Gasteiger partial charge on any atom is -0.465 e. The van der Waals surface area contributed by atoms with Crippen molar-refractivity contribution in [1.29, 1.82) is 0 Å². The molecule has 1 aliphatic rings. The number of hydrogen-bond donors (Lipinski definition) is 2. The zero-order valence-corrected chi connectivity index (χ0v) is 19.0. The van der Waals surface area contributed by atoms with E-state index in [-0.39, 0.29) is 18.2 Å². The predicted octanol–water partition coefficient (Wildman–Crippen LogP) is 5.32. The van der Waals surface area contributed by atoms with E-state index in [0.717, 1.165) is 36.9 Å². The van der Waals surface area contributed by atoms with Crippen LogP contribution in [-0.2, 0) is 9.47 Å². The van der Waals surface area contributed by atoms with Crippen molar-refractivity contribution in [1.82, 2.24) is 5.32 Å². The van der Waals surface area contributed by atoms with E-state index in [2.05, 4.69) is 17.6 Å². The van der Waals surface area contributed by atoms with Gasteiger partial charge >= 0.3 is 12.1 Å². The Morgan fingerprint density at radius 2 is 1.79 bits per heavy atom. The number of anilines is 1. The van der Waals surface area contributed by atoms with Gasteiger partial charge in [0.05, 0.1) is 12.7 Å². The minimum absolute atomic E-state index is 0.145. The van der Waals surface area contributed by atoms with Crippen LogP contribution < -0.4 is 10.6 Å². The maximum absolute atomic E-state index is 12.0. The Morgan fingerprint density at radius 3 is 2.34 bits per heavy atom. The number of benzene rings is 1. The number of carbonyl (C=O) groups is 2. The second-order valence-corrected chi connectivity index (χ2v) is 9.24. The average Bonchev–Trinajstić information content (AvgIpc) is 2.62. The number of esters is 1. The Morgan fingerprint density at radius 1 is 1.17 bits per heavy atom. The fourth-order valence-electron chi connectivity index (χ4n) is 3.75. The first-order valence-electron chi connectivity index (χ1n) is 10.1. The van der Waals surface area contributed by atoms with Gasteiger partial charge in [0.25, 0.3) is 0 Å². The largest absolute Gasteiger partial charge is 0.465 e. The Hall–Kier alpha value is -1.95. The number of halogens is 1. The van der Waals surface area contributed by atoms with E-state index in [1.165, 1.54) is 7.11 Å². The summed E-state index contributed by atoms with van der Waals surface area (Å²) < 4.78 is 10.2. The van der Waals surface area contributed by atoms with E-state index in [1.54, 1.807) is 6.07 Å². The quantitative estimate of drug-likeness (QED) is 0.625. The summed E-state index contributed by atoms with van der Waals surface area (Å²) in [6, 6.07) is 3.83. The lowest BCUT2D eigenvalue weighted by molar-refractivity contribution is 0.0485. The highest BCUT2D eigenvalue weighted by Crippen LogP contribution is 2.31. The molecule has 7 heteroatoms. The van der Waals surface area contributed by atoms with Crippen molar-refractivity contribution < 1.29 is 19.1 Å². The third kappa shape index (κ3) is 6.81. The number of rotatable bonds is 5. The number of ether oxygens (including phenoxy) is 2. The van der Waals surface area contributed by atoms with Gasteiger partial charge in [-0.1, -0.05) is 11.6 Å². The van der Waals surface area contributed by atoms with Gasteiger partial charge in [-0.05, 0) is 83.9 Å². The molecule has 29 heavy (non-hydrogen) atoms. The standard InChI is InChI=1S/C22H33ClN2O4/c1-13-18(20(26)28-6)11-16(23)12-19(13)24-14(2)15-7-9-17(10-8-15)25-21(27)29-22(3,4)5/h11-12,14-15,17,24H,7-10H2,1-6H3,(H,25,27)/t14-,15?,17?/m1/s1. The Labute approximate surface area is 178 Å². The van der Waals surface area contributed by atoms with Crippen molar-refractivity contribution in [2.24, 2.45) is 5.92 Å². The van der Waals surface area contributed by atoms with Crippen LogP contribution >= 0.6 is 11.6 Å². The lowest BCUT2D eigenvalue weighted by Gasteiger charge is -2.34. The van der Waals surface area contributed by atoms with Crippen molar-refractivity contribution in [3.63, 3.8) is 0 Å². The number of carbonyl (C=O) groups excluding carboxylic acids is 2. The highest BCUT2D eigenvalue weighted by Gasteiger charge is 2.28. The monoisotopic (exact) mass is 424 g/mol. The zero-order valence-electron chi connectivity index (χ0n) is 18.2. The molecule has 0 unspecified atom stereocenters. The van der Waals surface area contributed by atoms with Crippen molar-refractivity contribution >= 4 is 29.4 Å².